The van der Waals surface area contributed by atoms with Crippen LogP contribution in [0.2, 0.25) is 0 Å². The molecule has 1 aromatic carbocycles. The van der Waals surface area contributed by atoms with E-state index < -0.39 is 10.6 Å². The normalized spacial score (nSPS) is 12.2. The van der Waals surface area contributed by atoms with Crippen LogP contribution in [0.1, 0.15) is 27.7 Å². The lowest BCUT2D eigenvalue weighted by Crippen LogP contribution is -2.05. The van der Waals surface area contributed by atoms with Crippen LogP contribution in [0.4, 0.5) is 4.39 Å². The Morgan fingerprint density at radius 1 is 1.57 bits per heavy atom. The van der Waals surface area contributed by atoms with Crippen molar-refractivity contribution in [2.75, 3.05) is 0 Å². The third kappa shape index (κ3) is 2.07. The molecule has 0 bridgehead atoms. The molecule has 0 heterocycles. The number of ketones is 1. The summed E-state index contributed by atoms with van der Waals surface area (Å²) >= 11 is 3.06. The number of benzene rings is 1. The van der Waals surface area contributed by atoms with Crippen molar-refractivity contribution in [1.29, 1.82) is 0 Å². The first-order valence-electron chi connectivity index (χ1n) is 3.96. The fourth-order valence-electron chi connectivity index (χ4n) is 1.07. The standard InChI is InChI=1S/C10H8BrFO2/c1-6(14)9(11)8-4-2-3-7(5-13)10(8)12/h2-5,9H,1H3. The number of carbonyl (C=O) groups is 2. The molecule has 14 heavy (non-hydrogen) atoms. The van der Waals surface area contributed by atoms with Crippen molar-refractivity contribution in [2.24, 2.45) is 0 Å². The first-order valence-corrected chi connectivity index (χ1v) is 4.87. The van der Waals surface area contributed by atoms with Crippen molar-refractivity contribution in [3.05, 3.63) is 35.1 Å². The minimum absolute atomic E-state index is 0.0341. The van der Waals surface area contributed by atoms with E-state index in [-0.39, 0.29) is 16.9 Å². The number of Topliss-reactive ketones (excluding diaryl/α,β-unsaturated/α-hetero) is 1. The maximum absolute atomic E-state index is 13.5. The summed E-state index contributed by atoms with van der Waals surface area (Å²) in [4.78, 5) is 20.7. The Morgan fingerprint density at radius 2 is 2.21 bits per heavy atom. The molecule has 0 aliphatic rings. The minimum Gasteiger partial charge on any atom is -0.298 e. The van der Waals surface area contributed by atoms with Gasteiger partial charge in [0.15, 0.2) is 6.29 Å². The van der Waals surface area contributed by atoms with E-state index in [0.717, 1.165) is 0 Å². The summed E-state index contributed by atoms with van der Waals surface area (Å²) in [6, 6.07) is 4.38. The van der Waals surface area contributed by atoms with E-state index in [1.165, 1.54) is 19.1 Å². The van der Waals surface area contributed by atoms with Gasteiger partial charge in [0, 0.05) is 5.56 Å². The van der Waals surface area contributed by atoms with E-state index in [1.807, 2.05) is 0 Å². The number of carbonyl (C=O) groups excluding carboxylic acids is 2. The average Bonchev–Trinajstić information content (AvgIpc) is 2.17. The van der Waals surface area contributed by atoms with E-state index in [9.17, 15) is 14.0 Å². The Labute approximate surface area is 89.2 Å². The smallest absolute Gasteiger partial charge is 0.153 e. The predicted molar refractivity (Wildman–Crippen MR) is 54.1 cm³/mol. The predicted octanol–water partition coefficient (Wildman–Crippen LogP) is 2.66. The topological polar surface area (TPSA) is 34.1 Å². The van der Waals surface area contributed by atoms with Crippen molar-refractivity contribution in [3.63, 3.8) is 0 Å². The largest absolute Gasteiger partial charge is 0.298 e. The van der Waals surface area contributed by atoms with Gasteiger partial charge in [-0.25, -0.2) is 4.39 Å². The van der Waals surface area contributed by atoms with Crippen molar-refractivity contribution < 1.29 is 14.0 Å². The van der Waals surface area contributed by atoms with Gasteiger partial charge < -0.3 is 0 Å². The van der Waals surface area contributed by atoms with Gasteiger partial charge in [0.2, 0.25) is 0 Å². The molecule has 0 N–H and O–H groups in total. The molecule has 1 rings (SSSR count). The minimum atomic E-state index is -0.692. The summed E-state index contributed by atoms with van der Waals surface area (Å²) in [6.45, 7) is 1.35. The molecule has 2 nitrogen and oxygen atoms in total. The number of alkyl halides is 1. The molecule has 0 aliphatic carbocycles. The van der Waals surface area contributed by atoms with Gasteiger partial charge in [-0.3, -0.25) is 9.59 Å². The maximum atomic E-state index is 13.5. The van der Waals surface area contributed by atoms with Crippen LogP contribution in [0.15, 0.2) is 18.2 Å². The van der Waals surface area contributed by atoms with Gasteiger partial charge in [0.1, 0.15) is 16.4 Å². The van der Waals surface area contributed by atoms with Gasteiger partial charge in [-0.05, 0) is 13.0 Å². The lowest BCUT2D eigenvalue weighted by molar-refractivity contribution is -0.116. The molecule has 1 unspecified atom stereocenters. The molecule has 74 valence electrons. The van der Waals surface area contributed by atoms with E-state index in [1.54, 1.807) is 6.07 Å². The fraction of sp³-hybridized carbons (Fsp3) is 0.200. The molecular formula is C10H8BrFO2. The fourth-order valence-corrected chi connectivity index (χ4v) is 1.43. The Bertz CT molecular complexity index is 376. The van der Waals surface area contributed by atoms with E-state index in [0.29, 0.717) is 6.29 Å². The second kappa shape index (κ2) is 4.46. The maximum Gasteiger partial charge on any atom is 0.153 e. The zero-order valence-electron chi connectivity index (χ0n) is 7.46. The second-order valence-electron chi connectivity index (χ2n) is 2.84. The summed E-state index contributed by atoms with van der Waals surface area (Å²) in [5.74, 6) is -0.841. The summed E-state index contributed by atoms with van der Waals surface area (Å²) in [6.07, 6.45) is 0.429. The highest BCUT2D eigenvalue weighted by Crippen LogP contribution is 2.27. The number of hydrogen-bond donors (Lipinski definition) is 0. The second-order valence-corrected chi connectivity index (χ2v) is 3.76. The Balaban J connectivity index is 3.21. The van der Waals surface area contributed by atoms with E-state index in [4.69, 9.17) is 0 Å². The van der Waals surface area contributed by atoms with Crippen LogP contribution in [-0.4, -0.2) is 12.1 Å². The molecule has 1 aromatic rings. The van der Waals surface area contributed by atoms with Gasteiger partial charge in [0.25, 0.3) is 0 Å². The Hall–Kier alpha value is -1.03. The molecule has 0 amide bonds. The summed E-state index contributed by atoms with van der Waals surface area (Å²) in [5, 5.41) is 0. The summed E-state index contributed by atoms with van der Waals surface area (Å²) in [7, 11) is 0. The van der Waals surface area contributed by atoms with Crippen molar-refractivity contribution >= 4 is 28.0 Å². The Kier molecular flexibility index (Phi) is 3.52. The van der Waals surface area contributed by atoms with Crippen molar-refractivity contribution in [2.45, 2.75) is 11.8 Å². The molecule has 1 atom stereocenters. The average molecular weight is 259 g/mol. The molecule has 0 aliphatic heterocycles. The third-order valence-corrected chi connectivity index (χ3v) is 2.95. The highest BCUT2D eigenvalue weighted by atomic mass is 79.9. The van der Waals surface area contributed by atoms with Gasteiger partial charge in [-0.1, -0.05) is 28.1 Å². The first kappa shape index (κ1) is 11.0. The lowest BCUT2D eigenvalue weighted by atomic mass is 10.1. The molecule has 0 radical (unpaired) electrons. The van der Waals surface area contributed by atoms with Crippen LogP contribution < -0.4 is 0 Å². The molecular weight excluding hydrogens is 251 g/mol. The molecule has 0 aromatic heterocycles. The van der Waals surface area contributed by atoms with Crippen LogP contribution in [0.3, 0.4) is 0 Å². The SMILES string of the molecule is CC(=O)C(Br)c1cccc(C=O)c1F. The number of hydrogen-bond acceptors (Lipinski definition) is 2. The molecule has 0 saturated heterocycles. The zero-order valence-corrected chi connectivity index (χ0v) is 9.05. The van der Waals surface area contributed by atoms with Gasteiger partial charge in [0.05, 0.1) is 5.56 Å². The van der Waals surface area contributed by atoms with E-state index >= 15 is 0 Å². The van der Waals surface area contributed by atoms with Crippen LogP contribution in [0, 0.1) is 5.82 Å². The van der Waals surface area contributed by atoms with Gasteiger partial charge in [-0.15, -0.1) is 0 Å². The number of halogens is 2. The molecule has 0 spiro atoms. The monoisotopic (exact) mass is 258 g/mol. The first-order chi connectivity index (χ1) is 6.57. The quantitative estimate of drug-likeness (QED) is 0.617. The van der Waals surface area contributed by atoms with Gasteiger partial charge in [-0.2, -0.15) is 0 Å². The highest BCUT2D eigenvalue weighted by molar-refractivity contribution is 9.09. The van der Waals surface area contributed by atoms with Crippen LogP contribution in [0.25, 0.3) is 0 Å². The van der Waals surface area contributed by atoms with Gasteiger partial charge >= 0.3 is 0 Å². The number of aldehydes is 1. The highest BCUT2D eigenvalue weighted by Gasteiger charge is 2.18. The summed E-state index contributed by atoms with van der Waals surface area (Å²) in [5.41, 5.74) is 0.162. The van der Waals surface area contributed by atoms with Crippen LogP contribution >= 0.6 is 15.9 Å². The summed E-state index contributed by atoms with van der Waals surface area (Å²) < 4.78 is 13.5. The third-order valence-electron chi connectivity index (χ3n) is 1.82. The Morgan fingerprint density at radius 3 is 2.71 bits per heavy atom. The molecule has 0 fully saturated rings. The molecule has 0 saturated carbocycles. The van der Waals surface area contributed by atoms with E-state index in [2.05, 4.69) is 15.9 Å². The molecule has 4 heteroatoms. The lowest BCUT2D eigenvalue weighted by Gasteiger charge is -2.08. The van der Waals surface area contributed by atoms with Crippen LogP contribution in [-0.2, 0) is 4.79 Å². The zero-order chi connectivity index (χ0) is 10.7. The van der Waals surface area contributed by atoms with Crippen LogP contribution in [0.5, 0.6) is 0 Å². The van der Waals surface area contributed by atoms with Crippen molar-refractivity contribution in [1.82, 2.24) is 0 Å². The number of rotatable bonds is 3. The van der Waals surface area contributed by atoms with Crippen molar-refractivity contribution in [3.8, 4) is 0 Å².